The fourth-order valence-electron chi connectivity index (χ4n) is 2.45. The van der Waals surface area contributed by atoms with Crippen molar-refractivity contribution in [3.05, 3.63) is 0 Å². The van der Waals surface area contributed by atoms with Crippen LogP contribution in [0.15, 0.2) is 0 Å². The van der Waals surface area contributed by atoms with Gasteiger partial charge >= 0.3 is 0 Å². The summed E-state index contributed by atoms with van der Waals surface area (Å²) in [7, 11) is 0. The molecule has 1 aliphatic carbocycles. The van der Waals surface area contributed by atoms with Crippen molar-refractivity contribution in [2.75, 3.05) is 19.7 Å². The van der Waals surface area contributed by atoms with Gasteiger partial charge in [-0.3, -0.25) is 0 Å². The quantitative estimate of drug-likeness (QED) is 0.577. The zero-order valence-corrected chi connectivity index (χ0v) is 10.0. The van der Waals surface area contributed by atoms with E-state index in [0.29, 0.717) is 6.61 Å². The van der Waals surface area contributed by atoms with E-state index in [1.165, 1.54) is 57.9 Å². The minimum absolute atomic E-state index is 0.356. The lowest BCUT2D eigenvalue weighted by Crippen LogP contribution is -2.18. The molecule has 0 unspecified atom stereocenters. The highest BCUT2D eigenvalue weighted by molar-refractivity contribution is 4.68. The van der Waals surface area contributed by atoms with E-state index >= 15 is 0 Å². The van der Waals surface area contributed by atoms with Gasteiger partial charge in [0, 0.05) is 6.61 Å². The maximum Gasteiger partial charge on any atom is 0.0431 e. The fraction of sp³-hybridized carbons (Fsp3) is 1.00. The first-order valence-electron chi connectivity index (χ1n) is 6.75. The average Bonchev–Trinajstić information content (AvgIpc) is 2.75. The van der Waals surface area contributed by atoms with Gasteiger partial charge in [-0.25, -0.2) is 0 Å². The normalized spacial score (nSPS) is 17.4. The van der Waals surface area contributed by atoms with Crippen LogP contribution in [0.3, 0.4) is 0 Å². The molecule has 0 saturated heterocycles. The van der Waals surface area contributed by atoms with Crippen LogP contribution in [0.4, 0.5) is 0 Å². The molecule has 2 N–H and O–H groups in total. The van der Waals surface area contributed by atoms with Crippen LogP contribution in [0.5, 0.6) is 0 Å². The van der Waals surface area contributed by atoms with Gasteiger partial charge < -0.3 is 10.4 Å². The summed E-state index contributed by atoms with van der Waals surface area (Å²) >= 11 is 0. The van der Waals surface area contributed by atoms with Gasteiger partial charge in [-0.2, -0.15) is 0 Å². The van der Waals surface area contributed by atoms with Crippen LogP contribution in [-0.4, -0.2) is 24.8 Å². The molecule has 0 aromatic rings. The molecule has 0 atom stereocenters. The summed E-state index contributed by atoms with van der Waals surface area (Å²) in [6, 6.07) is 0. The zero-order chi connectivity index (χ0) is 10.8. The van der Waals surface area contributed by atoms with E-state index in [4.69, 9.17) is 5.11 Å². The lowest BCUT2D eigenvalue weighted by Gasteiger charge is -2.09. The Morgan fingerprint density at radius 3 is 2.40 bits per heavy atom. The molecular formula is C13H27NO. The van der Waals surface area contributed by atoms with Gasteiger partial charge in [-0.15, -0.1) is 0 Å². The standard InChI is InChI=1S/C13H27NO/c15-12-6-2-1-5-10-14-11-9-13-7-3-4-8-13/h13-15H,1-12H2. The molecule has 2 nitrogen and oxygen atoms in total. The molecular weight excluding hydrogens is 186 g/mol. The van der Waals surface area contributed by atoms with E-state index < -0.39 is 0 Å². The molecule has 90 valence electrons. The Morgan fingerprint density at radius 2 is 1.67 bits per heavy atom. The Balaban J connectivity index is 1.73. The van der Waals surface area contributed by atoms with E-state index in [1.807, 2.05) is 0 Å². The average molecular weight is 213 g/mol. The molecule has 0 heterocycles. The van der Waals surface area contributed by atoms with E-state index in [1.54, 1.807) is 0 Å². The predicted molar refractivity (Wildman–Crippen MR) is 65.0 cm³/mol. The molecule has 15 heavy (non-hydrogen) atoms. The van der Waals surface area contributed by atoms with Crippen molar-refractivity contribution in [2.24, 2.45) is 5.92 Å². The van der Waals surface area contributed by atoms with Gasteiger partial charge in [0.15, 0.2) is 0 Å². The van der Waals surface area contributed by atoms with Crippen molar-refractivity contribution >= 4 is 0 Å². The Kier molecular flexibility index (Phi) is 7.94. The second-order valence-electron chi connectivity index (χ2n) is 4.83. The number of nitrogens with one attached hydrogen (secondary N) is 1. The summed E-state index contributed by atoms with van der Waals surface area (Å²) in [5, 5.41) is 12.1. The summed E-state index contributed by atoms with van der Waals surface area (Å²) in [5.41, 5.74) is 0. The molecule has 0 bridgehead atoms. The lowest BCUT2D eigenvalue weighted by molar-refractivity contribution is 0.282. The molecule has 1 fully saturated rings. The van der Waals surface area contributed by atoms with Crippen molar-refractivity contribution < 1.29 is 5.11 Å². The second kappa shape index (κ2) is 9.17. The van der Waals surface area contributed by atoms with E-state index in [0.717, 1.165) is 18.9 Å². The van der Waals surface area contributed by atoms with Gasteiger partial charge in [0.1, 0.15) is 0 Å². The van der Waals surface area contributed by atoms with Crippen LogP contribution < -0.4 is 5.32 Å². The fourth-order valence-corrected chi connectivity index (χ4v) is 2.45. The van der Waals surface area contributed by atoms with Crippen molar-refractivity contribution in [3.63, 3.8) is 0 Å². The third kappa shape index (κ3) is 6.91. The van der Waals surface area contributed by atoms with Crippen LogP contribution >= 0.6 is 0 Å². The third-order valence-corrected chi connectivity index (χ3v) is 3.47. The SMILES string of the molecule is OCCCCCCNCCC1CCCC1. The number of aliphatic hydroxyl groups excluding tert-OH is 1. The van der Waals surface area contributed by atoms with Gasteiger partial charge in [0.05, 0.1) is 0 Å². The largest absolute Gasteiger partial charge is 0.396 e. The van der Waals surface area contributed by atoms with Crippen LogP contribution in [0.1, 0.15) is 57.8 Å². The van der Waals surface area contributed by atoms with Crippen molar-refractivity contribution in [2.45, 2.75) is 57.8 Å². The molecule has 1 rings (SSSR count). The highest BCUT2D eigenvalue weighted by Crippen LogP contribution is 2.26. The topological polar surface area (TPSA) is 32.3 Å². The molecule has 1 aliphatic rings. The number of unbranched alkanes of at least 4 members (excludes halogenated alkanes) is 3. The summed E-state index contributed by atoms with van der Waals surface area (Å²) in [4.78, 5) is 0. The smallest absolute Gasteiger partial charge is 0.0431 e. The van der Waals surface area contributed by atoms with Gasteiger partial charge in [0.2, 0.25) is 0 Å². The number of hydrogen-bond acceptors (Lipinski definition) is 2. The number of aliphatic hydroxyl groups is 1. The Morgan fingerprint density at radius 1 is 0.933 bits per heavy atom. The minimum atomic E-state index is 0.356. The van der Waals surface area contributed by atoms with Crippen molar-refractivity contribution in [1.82, 2.24) is 5.32 Å². The first-order valence-corrected chi connectivity index (χ1v) is 6.75. The lowest BCUT2D eigenvalue weighted by atomic mass is 10.0. The number of hydrogen-bond donors (Lipinski definition) is 2. The minimum Gasteiger partial charge on any atom is -0.396 e. The maximum atomic E-state index is 8.61. The molecule has 2 heteroatoms. The monoisotopic (exact) mass is 213 g/mol. The summed E-state index contributed by atoms with van der Waals surface area (Å²) in [6.07, 6.45) is 11.9. The summed E-state index contributed by atoms with van der Waals surface area (Å²) in [6.45, 7) is 2.73. The van der Waals surface area contributed by atoms with E-state index in [-0.39, 0.29) is 0 Å². The van der Waals surface area contributed by atoms with E-state index in [2.05, 4.69) is 5.32 Å². The van der Waals surface area contributed by atoms with Crippen LogP contribution in [-0.2, 0) is 0 Å². The Labute approximate surface area is 94.5 Å². The summed E-state index contributed by atoms with van der Waals surface area (Å²) < 4.78 is 0. The van der Waals surface area contributed by atoms with Gasteiger partial charge in [-0.05, 0) is 38.3 Å². The molecule has 0 radical (unpaired) electrons. The molecule has 0 amide bonds. The molecule has 0 aromatic heterocycles. The van der Waals surface area contributed by atoms with Crippen molar-refractivity contribution in [3.8, 4) is 0 Å². The molecule has 0 spiro atoms. The first kappa shape index (κ1) is 13.0. The molecule has 0 aromatic carbocycles. The first-order chi connectivity index (χ1) is 7.43. The van der Waals surface area contributed by atoms with Crippen LogP contribution in [0.2, 0.25) is 0 Å². The molecule has 1 saturated carbocycles. The predicted octanol–water partition coefficient (Wildman–Crippen LogP) is 2.71. The van der Waals surface area contributed by atoms with Gasteiger partial charge in [-0.1, -0.05) is 38.5 Å². The zero-order valence-electron chi connectivity index (χ0n) is 10.0. The van der Waals surface area contributed by atoms with Gasteiger partial charge in [0.25, 0.3) is 0 Å². The molecule has 0 aliphatic heterocycles. The van der Waals surface area contributed by atoms with E-state index in [9.17, 15) is 0 Å². The van der Waals surface area contributed by atoms with Crippen molar-refractivity contribution in [1.29, 1.82) is 0 Å². The summed E-state index contributed by atoms with van der Waals surface area (Å²) in [5.74, 6) is 1.02. The Bertz CT molecular complexity index is 132. The maximum absolute atomic E-state index is 8.61. The Hall–Kier alpha value is -0.0800. The highest BCUT2D eigenvalue weighted by atomic mass is 16.2. The van der Waals surface area contributed by atoms with Crippen LogP contribution in [0, 0.1) is 5.92 Å². The highest BCUT2D eigenvalue weighted by Gasteiger charge is 2.13. The third-order valence-electron chi connectivity index (χ3n) is 3.47. The number of rotatable bonds is 9. The second-order valence-corrected chi connectivity index (χ2v) is 4.83. The van der Waals surface area contributed by atoms with Crippen LogP contribution in [0.25, 0.3) is 0 Å².